The number of alkyl halides is 3. The Bertz CT molecular complexity index is 634. The van der Waals surface area contributed by atoms with Crippen molar-refractivity contribution in [1.82, 2.24) is 4.90 Å². The van der Waals surface area contributed by atoms with E-state index in [0.29, 0.717) is 6.07 Å². The van der Waals surface area contributed by atoms with Crippen molar-refractivity contribution < 1.29 is 27.9 Å². The van der Waals surface area contributed by atoms with Crippen molar-refractivity contribution in [2.24, 2.45) is 0 Å². The number of carbonyl (C=O) groups is 2. The predicted octanol–water partition coefficient (Wildman–Crippen LogP) is 1.81. The summed E-state index contributed by atoms with van der Waals surface area (Å²) in [6, 6.07) is 2.74. The highest BCUT2D eigenvalue weighted by Gasteiger charge is 2.40. The first-order valence-electron chi connectivity index (χ1n) is 5.39. The lowest BCUT2D eigenvalue weighted by Gasteiger charge is -2.17. The molecule has 0 radical (unpaired) electrons. The van der Waals surface area contributed by atoms with Gasteiger partial charge in [-0.1, -0.05) is 0 Å². The number of benzene rings is 1. The molecule has 0 spiro atoms. The maximum absolute atomic E-state index is 12.6. The molecular formula is C12H7F3N2O3. The molecule has 0 aliphatic carbocycles. The van der Waals surface area contributed by atoms with Gasteiger partial charge in [0.25, 0.3) is 5.91 Å². The van der Waals surface area contributed by atoms with Crippen LogP contribution in [0.5, 0.6) is 0 Å². The predicted molar refractivity (Wildman–Crippen MR) is 58.5 cm³/mol. The third-order valence-corrected chi connectivity index (χ3v) is 2.90. The van der Waals surface area contributed by atoms with Crippen molar-refractivity contribution in [3.63, 3.8) is 0 Å². The van der Waals surface area contributed by atoms with Gasteiger partial charge in [-0.3, -0.25) is 9.59 Å². The Balaban J connectivity index is 2.50. The first kappa shape index (κ1) is 13.9. The fraction of sp³-hybridized carbons (Fsp3) is 0.250. The number of fused-ring (bicyclic) bond motifs is 1. The molecule has 1 N–H and O–H groups in total. The SMILES string of the molecule is N#CC1c2cc(C(F)(F)F)ccc2C(=O)N1CC(=O)O. The second-order valence-corrected chi connectivity index (χ2v) is 4.16. The van der Waals surface area contributed by atoms with E-state index < -0.39 is 36.2 Å². The van der Waals surface area contributed by atoms with E-state index in [4.69, 9.17) is 10.4 Å². The number of nitrogens with zero attached hydrogens (tertiary/aromatic N) is 2. The van der Waals surface area contributed by atoms with Crippen LogP contribution in [0.3, 0.4) is 0 Å². The largest absolute Gasteiger partial charge is 0.480 e. The van der Waals surface area contributed by atoms with Gasteiger partial charge in [0.05, 0.1) is 11.6 Å². The smallest absolute Gasteiger partial charge is 0.416 e. The molecule has 20 heavy (non-hydrogen) atoms. The topological polar surface area (TPSA) is 81.4 Å². The molecule has 1 aliphatic heterocycles. The minimum absolute atomic E-state index is 0.0780. The van der Waals surface area contributed by atoms with Crippen LogP contribution in [-0.2, 0) is 11.0 Å². The molecule has 1 atom stereocenters. The molecule has 0 aromatic heterocycles. The Kier molecular flexibility index (Phi) is 3.13. The molecule has 1 amide bonds. The van der Waals surface area contributed by atoms with Gasteiger partial charge < -0.3 is 10.0 Å². The third kappa shape index (κ3) is 2.18. The first-order valence-corrected chi connectivity index (χ1v) is 5.39. The second kappa shape index (κ2) is 4.52. The lowest BCUT2D eigenvalue weighted by molar-refractivity contribution is -0.138. The number of aliphatic carboxylic acids is 1. The summed E-state index contributed by atoms with van der Waals surface area (Å²) in [5.41, 5.74) is -1.18. The number of nitriles is 1. The standard InChI is InChI=1S/C12H7F3N2O3/c13-12(14,15)6-1-2-7-8(3-6)9(4-16)17(11(7)20)5-10(18)19/h1-3,9H,5H2,(H,18,19). The monoisotopic (exact) mass is 284 g/mol. The van der Waals surface area contributed by atoms with Crippen molar-refractivity contribution >= 4 is 11.9 Å². The Morgan fingerprint density at radius 1 is 1.45 bits per heavy atom. The highest BCUT2D eigenvalue weighted by atomic mass is 19.4. The summed E-state index contributed by atoms with van der Waals surface area (Å²) in [5.74, 6) is -2.11. The average Bonchev–Trinajstić information content (AvgIpc) is 2.60. The van der Waals surface area contributed by atoms with Crippen LogP contribution < -0.4 is 0 Å². The van der Waals surface area contributed by atoms with Crippen molar-refractivity contribution in [2.45, 2.75) is 12.2 Å². The molecule has 0 fully saturated rings. The summed E-state index contributed by atoms with van der Waals surface area (Å²) in [5, 5.41) is 17.7. The molecule has 8 heteroatoms. The van der Waals surface area contributed by atoms with Crippen molar-refractivity contribution in [3.05, 3.63) is 34.9 Å². The van der Waals surface area contributed by atoms with E-state index in [1.165, 1.54) is 0 Å². The number of hydrogen-bond donors (Lipinski definition) is 1. The van der Waals surface area contributed by atoms with Gasteiger partial charge in [-0.25, -0.2) is 0 Å². The molecule has 2 rings (SSSR count). The van der Waals surface area contributed by atoms with Gasteiger partial charge in [0.1, 0.15) is 12.6 Å². The van der Waals surface area contributed by atoms with Gasteiger partial charge in [-0.15, -0.1) is 0 Å². The van der Waals surface area contributed by atoms with E-state index in [2.05, 4.69) is 0 Å². The maximum atomic E-state index is 12.6. The molecule has 1 aromatic carbocycles. The van der Waals surface area contributed by atoms with Gasteiger partial charge in [0, 0.05) is 11.1 Å². The minimum Gasteiger partial charge on any atom is -0.480 e. The molecule has 0 saturated carbocycles. The number of carbonyl (C=O) groups excluding carboxylic acids is 1. The lowest BCUT2D eigenvalue weighted by Crippen LogP contribution is -2.32. The molecule has 0 bridgehead atoms. The molecule has 104 valence electrons. The summed E-state index contributed by atoms with van der Waals surface area (Å²) >= 11 is 0. The number of hydrogen-bond acceptors (Lipinski definition) is 3. The fourth-order valence-corrected chi connectivity index (χ4v) is 2.05. The minimum atomic E-state index is -4.60. The summed E-state index contributed by atoms with van der Waals surface area (Å²) < 4.78 is 37.8. The van der Waals surface area contributed by atoms with Crippen LogP contribution in [0.15, 0.2) is 18.2 Å². The zero-order valence-corrected chi connectivity index (χ0v) is 9.81. The Hall–Kier alpha value is -2.56. The number of carboxylic acids is 1. The zero-order valence-electron chi connectivity index (χ0n) is 9.81. The van der Waals surface area contributed by atoms with Crippen LogP contribution in [0.25, 0.3) is 0 Å². The van der Waals surface area contributed by atoms with E-state index in [1.807, 2.05) is 0 Å². The fourth-order valence-electron chi connectivity index (χ4n) is 2.05. The van der Waals surface area contributed by atoms with E-state index in [-0.39, 0.29) is 11.1 Å². The van der Waals surface area contributed by atoms with Crippen LogP contribution in [0.4, 0.5) is 13.2 Å². The van der Waals surface area contributed by atoms with E-state index >= 15 is 0 Å². The van der Waals surface area contributed by atoms with Crippen molar-refractivity contribution in [2.75, 3.05) is 6.54 Å². The van der Waals surface area contributed by atoms with E-state index in [0.717, 1.165) is 17.0 Å². The normalized spacial score (nSPS) is 17.8. The van der Waals surface area contributed by atoms with E-state index in [9.17, 15) is 22.8 Å². The molecule has 0 saturated heterocycles. The van der Waals surface area contributed by atoms with Gasteiger partial charge in [0.15, 0.2) is 0 Å². The van der Waals surface area contributed by atoms with Gasteiger partial charge in [0.2, 0.25) is 0 Å². The molecule has 5 nitrogen and oxygen atoms in total. The number of amides is 1. The van der Waals surface area contributed by atoms with Crippen molar-refractivity contribution in [3.8, 4) is 6.07 Å². The zero-order chi connectivity index (χ0) is 15.1. The van der Waals surface area contributed by atoms with Gasteiger partial charge in [-0.05, 0) is 18.2 Å². The maximum Gasteiger partial charge on any atom is 0.416 e. The second-order valence-electron chi connectivity index (χ2n) is 4.16. The molecule has 1 aromatic rings. The van der Waals surface area contributed by atoms with Crippen LogP contribution >= 0.6 is 0 Å². The summed E-state index contributed by atoms with van der Waals surface area (Å²) in [6.45, 7) is -0.743. The van der Waals surface area contributed by atoms with Crippen LogP contribution in [0.2, 0.25) is 0 Å². The Morgan fingerprint density at radius 2 is 2.10 bits per heavy atom. The highest BCUT2D eigenvalue weighted by molar-refractivity contribution is 6.01. The average molecular weight is 284 g/mol. The van der Waals surface area contributed by atoms with E-state index in [1.54, 1.807) is 6.07 Å². The quantitative estimate of drug-likeness (QED) is 0.898. The number of carboxylic acid groups (broad SMARTS) is 1. The van der Waals surface area contributed by atoms with Crippen LogP contribution in [0, 0.1) is 11.3 Å². The summed E-state index contributed by atoms with van der Waals surface area (Å²) in [4.78, 5) is 23.3. The van der Waals surface area contributed by atoms with Crippen LogP contribution in [-0.4, -0.2) is 28.4 Å². The summed E-state index contributed by atoms with van der Waals surface area (Å²) in [6.07, 6.45) is -4.60. The number of halogens is 3. The first-order chi connectivity index (χ1) is 9.25. The van der Waals surface area contributed by atoms with Crippen LogP contribution in [0.1, 0.15) is 27.5 Å². The van der Waals surface area contributed by atoms with Crippen molar-refractivity contribution in [1.29, 1.82) is 5.26 Å². The molecular weight excluding hydrogens is 277 g/mol. The summed E-state index contributed by atoms with van der Waals surface area (Å²) in [7, 11) is 0. The third-order valence-electron chi connectivity index (χ3n) is 2.90. The van der Waals surface area contributed by atoms with Gasteiger partial charge >= 0.3 is 12.1 Å². The molecule has 1 aliphatic rings. The highest BCUT2D eigenvalue weighted by Crippen LogP contribution is 2.37. The molecule has 1 unspecified atom stereocenters. The Morgan fingerprint density at radius 3 is 2.60 bits per heavy atom. The number of rotatable bonds is 2. The van der Waals surface area contributed by atoms with Gasteiger partial charge in [-0.2, -0.15) is 18.4 Å². The lowest BCUT2D eigenvalue weighted by atomic mass is 10.0. The Labute approximate surface area is 110 Å². The molecule has 1 heterocycles.